The number of aryl methyl sites for hydroxylation is 2. The number of rotatable bonds is 4. The first kappa shape index (κ1) is 13.3. The zero-order valence-corrected chi connectivity index (χ0v) is 12.3. The zero-order valence-electron chi connectivity index (χ0n) is 12.3. The minimum atomic E-state index is 0.654. The number of benzene rings is 1. The normalized spacial score (nSPS) is 21.5. The highest BCUT2D eigenvalue weighted by Gasteiger charge is 2.29. The Morgan fingerprint density at radius 2 is 1.85 bits per heavy atom. The van der Waals surface area contributed by atoms with Gasteiger partial charge in [-0.3, -0.25) is 4.98 Å². The summed E-state index contributed by atoms with van der Waals surface area (Å²) >= 11 is 0. The first-order valence-electron chi connectivity index (χ1n) is 7.42. The third kappa shape index (κ3) is 2.91. The van der Waals surface area contributed by atoms with E-state index in [0.29, 0.717) is 6.04 Å². The lowest BCUT2D eigenvalue weighted by Gasteiger charge is -2.36. The summed E-state index contributed by atoms with van der Waals surface area (Å²) in [5, 5.41) is 3.65. The predicted molar refractivity (Wildman–Crippen MR) is 82.8 cm³/mol. The van der Waals surface area contributed by atoms with Crippen LogP contribution in [0.2, 0.25) is 0 Å². The van der Waals surface area contributed by atoms with E-state index in [2.05, 4.69) is 54.5 Å². The Morgan fingerprint density at radius 1 is 1.10 bits per heavy atom. The van der Waals surface area contributed by atoms with Crippen LogP contribution in [0.4, 0.5) is 0 Å². The molecule has 0 saturated heterocycles. The number of aromatic nitrogens is 1. The van der Waals surface area contributed by atoms with Gasteiger partial charge in [0, 0.05) is 25.0 Å². The molecule has 20 heavy (non-hydrogen) atoms. The van der Waals surface area contributed by atoms with Crippen LogP contribution in [0.1, 0.15) is 41.0 Å². The highest BCUT2D eigenvalue weighted by molar-refractivity contribution is 5.27. The Morgan fingerprint density at radius 3 is 2.55 bits per heavy atom. The van der Waals surface area contributed by atoms with Gasteiger partial charge in [0.1, 0.15) is 0 Å². The van der Waals surface area contributed by atoms with Gasteiger partial charge in [-0.25, -0.2) is 0 Å². The summed E-state index contributed by atoms with van der Waals surface area (Å²) in [6.45, 7) is 5.23. The van der Waals surface area contributed by atoms with Gasteiger partial charge in [0.05, 0.1) is 0 Å². The summed E-state index contributed by atoms with van der Waals surface area (Å²) in [6.07, 6.45) is 6.33. The molecule has 2 aromatic rings. The van der Waals surface area contributed by atoms with Crippen molar-refractivity contribution in [1.29, 1.82) is 0 Å². The number of hydrogen-bond donors (Lipinski definition) is 1. The molecule has 1 aromatic heterocycles. The van der Waals surface area contributed by atoms with Gasteiger partial charge in [0.25, 0.3) is 0 Å². The molecule has 0 spiro atoms. The zero-order chi connectivity index (χ0) is 13.9. The van der Waals surface area contributed by atoms with Crippen molar-refractivity contribution in [3.05, 3.63) is 65.0 Å². The second-order valence-electron chi connectivity index (χ2n) is 5.96. The Bertz CT molecular complexity index is 568. The summed E-state index contributed by atoms with van der Waals surface area (Å²) in [5.41, 5.74) is 5.47. The summed E-state index contributed by atoms with van der Waals surface area (Å²) in [7, 11) is 0. The van der Waals surface area contributed by atoms with Gasteiger partial charge >= 0.3 is 0 Å². The average Bonchev–Trinajstić information content (AvgIpc) is 2.41. The molecule has 0 unspecified atom stereocenters. The van der Waals surface area contributed by atoms with Crippen LogP contribution in [-0.4, -0.2) is 11.0 Å². The van der Waals surface area contributed by atoms with Crippen molar-refractivity contribution in [2.75, 3.05) is 0 Å². The molecule has 0 radical (unpaired) electrons. The van der Waals surface area contributed by atoms with Crippen molar-refractivity contribution in [3.63, 3.8) is 0 Å². The Hall–Kier alpha value is -1.67. The second-order valence-corrected chi connectivity index (χ2v) is 5.96. The largest absolute Gasteiger partial charge is 0.310 e. The molecule has 104 valence electrons. The molecule has 2 nitrogen and oxygen atoms in total. The minimum absolute atomic E-state index is 0.654. The van der Waals surface area contributed by atoms with Crippen LogP contribution < -0.4 is 5.32 Å². The summed E-state index contributed by atoms with van der Waals surface area (Å²) in [6, 6.07) is 11.7. The lowest BCUT2D eigenvalue weighted by molar-refractivity contribution is 0.289. The maximum atomic E-state index is 4.20. The highest BCUT2D eigenvalue weighted by Crippen LogP contribution is 2.37. The molecule has 1 saturated carbocycles. The van der Waals surface area contributed by atoms with Gasteiger partial charge in [-0.2, -0.15) is 0 Å². The van der Waals surface area contributed by atoms with Gasteiger partial charge in [-0.05, 0) is 55.4 Å². The van der Waals surface area contributed by atoms with Crippen molar-refractivity contribution in [2.45, 2.75) is 45.2 Å². The van der Waals surface area contributed by atoms with Crippen molar-refractivity contribution in [1.82, 2.24) is 10.3 Å². The summed E-state index contributed by atoms with van der Waals surface area (Å²) in [4.78, 5) is 4.20. The quantitative estimate of drug-likeness (QED) is 0.912. The lowest BCUT2D eigenvalue weighted by atomic mass is 9.75. The minimum Gasteiger partial charge on any atom is -0.310 e. The van der Waals surface area contributed by atoms with Crippen LogP contribution in [0.3, 0.4) is 0 Å². The van der Waals surface area contributed by atoms with Crippen LogP contribution >= 0.6 is 0 Å². The molecular formula is C18H22N2. The van der Waals surface area contributed by atoms with Gasteiger partial charge < -0.3 is 5.32 Å². The molecule has 1 aliphatic carbocycles. The molecule has 3 rings (SSSR count). The van der Waals surface area contributed by atoms with Crippen LogP contribution in [0.25, 0.3) is 0 Å². The number of pyridine rings is 1. The van der Waals surface area contributed by atoms with E-state index in [9.17, 15) is 0 Å². The Balaban J connectivity index is 1.49. The molecule has 0 atom stereocenters. The van der Waals surface area contributed by atoms with Crippen LogP contribution in [0, 0.1) is 13.8 Å². The lowest BCUT2D eigenvalue weighted by Crippen LogP contribution is -2.39. The summed E-state index contributed by atoms with van der Waals surface area (Å²) in [5.74, 6) is 0.739. The van der Waals surface area contributed by atoms with E-state index in [0.717, 1.165) is 12.5 Å². The molecule has 0 bridgehead atoms. The van der Waals surface area contributed by atoms with E-state index in [1.54, 1.807) is 0 Å². The monoisotopic (exact) mass is 266 g/mol. The van der Waals surface area contributed by atoms with E-state index < -0.39 is 0 Å². The van der Waals surface area contributed by atoms with Crippen molar-refractivity contribution in [2.24, 2.45) is 0 Å². The fraction of sp³-hybridized carbons (Fsp3) is 0.389. The molecule has 1 aromatic carbocycles. The van der Waals surface area contributed by atoms with Crippen LogP contribution in [0.5, 0.6) is 0 Å². The van der Waals surface area contributed by atoms with Gasteiger partial charge in [-0.15, -0.1) is 0 Å². The molecule has 1 heterocycles. The molecule has 1 aliphatic rings. The van der Waals surface area contributed by atoms with Crippen LogP contribution in [0.15, 0.2) is 42.7 Å². The average molecular weight is 266 g/mol. The standard InChI is InChI=1S/C18H22N2/c1-13-3-5-15(6-4-13)16-9-18(10-16)20-12-17-11-19-8-7-14(17)2/h3-8,11,16,18,20H,9-10,12H2,1-2H3. The maximum absolute atomic E-state index is 4.20. The molecule has 1 fully saturated rings. The third-order valence-electron chi connectivity index (χ3n) is 4.42. The van der Waals surface area contributed by atoms with Gasteiger partial charge in [0.15, 0.2) is 0 Å². The van der Waals surface area contributed by atoms with E-state index in [-0.39, 0.29) is 0 Å². The highest BCUT2D eigenvalue weighted by atomic mass is 14.9. The van der Waals surface area contributed by atoms with Crippen molar-refractivity contribution < 1.29 is 0 Å². The van der Waals surface area contributed by atoms with Crippen molar-refractivity contribution >= 4 is 0 Å². The van der Waals surface area contributed by atoms with Crippen molar-refractivity contribution in [3.8, 4) is 0 Å². The smallest absolute Gasteiger partial charge is 0.0315 e. The number of nitrogens with one attached hydrogen (secondary N) is 1. The molecule has 1 N–H and O–H groups in total. The van der Waals surface area contributed by atoms with E-state index in [4.69, 9.17) is 0 Å². The summed E-state index contributed by atoms with van der Waals surface area (Å²) < 4.78 is 0. The predicted octanol–water partition coefficient (Wildman–Crippen LogP) is 3.73. The topological polar surface area (TPSA) is 24.9 Å². The second kappa shape index (κ2) is 5.76. The first-order chi connectivity index (χ1) is 9.72. The fourth-order valence-electron chi connectivity index (χ4n) is 2.83. The Kier molecular flexibility index (Phi) is 3.83. The third-order valence-corrected chi connectivity index (χ3v) is 4.42. The van der Waals surface area contributed by atoms with E-state index >= 15 is 0 Å². The SMILES string of the molecule is Cc1ccc(C2CC(NCc3cnccc3C)C2)cc1. The fourth-order valence-corrected chi connectivity index (χ4v) is 2.83. The first-order valence-corrected chi connectivity index (χ1v) is 7.42. The maximum Gasteiger partial charge on any atom is 0.0315 e. The molecule has 2 heteroatoms. The number of nitrogens with zero attached hydrogens (tertiary/aromatic N) is 1. The molecule has 0 aliphatic heterocycles. The molecular weight excluding hydrogens is 244 g/mol. The number of hydrogen-bond acceptors (Lipinski definition) is 2. The van der Waals surface area contributed by atoms with E-state index in [1.807, 2.05) is 12.4 Å². The van der Waals surface area contributed by atoms with Gasteiger partial charge in [0.2, 0.25) is 0 Å². The molecule has 0 amide bonds. The van der Waals surface area contributed by atoms with Gasteiger partial charge in [-0.1, -0.05) is 29.8 Å². The van der Waals surface area contributed by atoms with E-state index in [1.165, 1.54) is 35.1 Å². The van der Waals surface area contributed by atoms with Crippen LogP contribution in [-0.2, 0) is 6.54 Å². The Labute approximate surface area is 121 Å².